The molecule has 0 atom stereocenters. The van der Waals surface area contributed by atoms with Gasteiger partial charge in [0.15, 0.2) is 5.05 Å². The van der Waals surface area contributed by atoms with Gasteiger partial charge in [0.2, 0.25) is 0 Å². The Labute approximate surface area is 202 Å². The van der Waals surface area contributed by atoms with Gasteiger partial charge in [-0.3, -0.25) is 4.90 Å². The number of pyridine rings is 1. The number of fused-ring (bicyclic) bond motifs is 1. The fourth-order valence-corrected chi connectivity index (χ4v) is 4.93. The van der Waals surface area contributed by atoms with Crippen LogP contribution in [-0.4, -0.2) is 46.2 Å². The van der Waals surface area contributed by atoms with Crippen LogP contribution >= 0.6 is 12.2 Å². The van der Waals surface area contributed by atoms with Crippen LogP contribution < -0.4 is 0 Å². The van der Waals surface area contributed by atoms with Crippen molar-refractivity contribution in [3.05, 3.63) is 89.8 Å². The Bertz CT molecular complexity index is 1140. The predicted octanol–water partition coefficient (Wildman–Crippen LogP) is 6.11. The number of rotatable bonds is 8. The fraction of sp³-hybridized carbons (Fsp3) is 0.357. The summed E-state index contributed by atoms with van der Waals surface area (Å²) in [7, 11) is 1.61. The Morgan fingerprint density at radius 1 is 1.18 bits per heavy atom. The Morgan fingerprint density at radius 2 is 1.94 bits per heavy atom. The summed E-state index contributed by atoms with van der Waals surface area (Å²) < 4.78 is 7.40. The standard InChI is InChI=1S/C28H33N3OS/c1-4-6-21(5-2)19-30-16-12-23(13-17-30)25-11-15-29-27-26(25)14-18-31(27)20-22-7-9-24(10-8-22)28(33)32-3/h4,6-11,14-15,18,23H,1,5,12-13,16-17,19-20H2,2-3H3. The van der Waals surface area contributed by atoms with Gasteiger partial charge in [0.1, 0.15) is 5.65 Å². The van der Waals surface area contributed by atoms with E-state index in [1.54, 1.807) is 7.11 Å². The van der Waals surface area contributed by atoms with Gasteiger partial charge < -0.3 is 9.30 Å². The van der Waals surface area contributed by atoms with Crippen molar-refractivity contribution in [2.45, 2.75) is 38.6 Å². The fourth-order valence-electron chi connectivity index (χ4n) is 4.79. The van der Waals surface area contributed by atoms with Gasteiger partial charge in [-0.2, -0.15) is 0 Å². The number of hydrogen-bond acceptors (Lipinski definition) is 4. The van der Waals surface area contributed by atoms with Gasteiger partial charge in [-0.1, -0.05) is 55.5 Å². The maximum atomic E-state index is 5.22. The second-order valence-electron chi connectivity index (χ2n) is 8.73. The van der Waals surface area contributed by atoms with E-state index in [0.717, 1.165) is 43.8 Å². The van der Waals surface area contributed by atoms with Crippen molar-refractivity contribution >= 4 is 28.3 Å². The highest BCUT2D eigenvalue weighted by atomic mass is 32.1. The molecule has 0 spiro atoms. The number of hydrogen-bond donors (Lipinski definition) is 0. The molecule has 0 bridgehead atoms. The van der Waals surface area contributed by atoms with Gasteiger partial charge in [-0.15, -0.1) is 0 Å². The summed E-state index contributed by atoms with van der Waals surface area (Å²) in [5.41, 5.74) is 6.12. The maximum absolute atomic E-state index is 5.22. The highest BCUT2D eigenvalue weighted by molar-refractivity contribution is 7.80. The molecule has 33 heavy (non-hydrogen) atoms. The Balaban J connectivity index is 1.46. The van der Waals surface area contributed by atoms with Gasteiger partial charge in [-0.05, 0) is 73.7 Å². The number of benzene rings is 1. The molecule has 0 aliphatic carbocycles. The van der Waals surface area contributed by atoms with Crippen LogP contribution in [0.5, 0.6) is 0 Å². The first-order chi connectivity index (χ1) is 16.1. The minimum absolute atomic E-state index is 0.521. The monoisotopic (exact) mass is 459 g/mol. The number of piperidine rings is 1. The van der Waals surface area contributed by atoms with Crippen molar-refractivity contribution in [2.24, 2.45) is 0 Å². The van der Waals surface area contributed by atoms with Crippen LogP contribution in [0.25, 0.3) is 11.0 Å². The smallest absolute Gasteiger partial charge is 0.190 e. The number of thiocarbonyl (C=S) groups is 1. The Hall–Kier alpha value is -2.76. The normalized spacial score (nSPS) is 15.6. The van der Waals surface area contributed by atoms with Crippen LogP contribution in [0, 0.1) is 0 Å². The second kappa shape index (κ2) is 10.9. The molecule has 3 heterocycles. The molecule has 0 saturated carbocycles. The third-order valence-electron chi connectivity index (χ3n) is 6.69. The lowest BCUT2D eigenvalue weighted by Crippen LogP contribution is -2.34. The molecule has 4 rings (SSSR count). The van der Waals surface area contributed by atoms with E-state index in [4.69, 9.17) is 21.9 Å². The molecule has 5 heteroatoms. The Morgan fingerprint density at radius 3 is 2.61 bits per heavy atom. The first-order valence-corrected chi connectivity index (χ1v) is 12.2. The van der Waals surface area contributed by atoms with E-state index in [0.29, 0.717) is 11.0 Å². The molecule has 1 saturated heterocycles. The summed E-state index contributed by atoms with van der Waals surface area (Å²) in [5, 5.41) is 1.81. The van der Waals surface area contributed by atoms with Crippen molar-refractivity contribution in [2.75, 3.05) is 26.7 Å². The number of ether oxygens (including phenoxy) is 1. The summed E-state index contributed by atoms with van der Waals surface area (Å²) in [4.78, 5) is 7.31. The van der Waals surface area contributed by atoms with E-state index >= 15 is 0 Å². The van der Waals surface area contributed by atoms with Crippen LogP contribution in [0.4, 0.5) is 0 Å². The van der Waals surface area contributed by atoms with Gasteiger partial charge in [-0.25, -0.2) is 4.98 Å². The minimum atomic E-state index is 0.521. The quantitative estimate of drug-likeness (QED) is 0.300. The molecule has 1 aliphatic rings. The molecular weight excluding hydrogens is 426 g/mol. The SMILES string of the molecule is C=CC=C(CC)CN1CCC(c2ccnc3c2ccn3Cc2ccc(C(=S)OC)cc2)CC1. The van der Waals surface area contributed by atoms with Crippen molar-refractivity contribution in [3.63, 3.8) is 0 Å². The lowest BCUT2D eigenvalue weighted by Gasteiger charge is -2.33. The molecule has 0 amide bonds. The molecule has 1 aliphatic heterocycles. The predicted molar refractivity (Wildman–Crippen MR) is 141 cm³/mol. The number of allylic oxidation sites excluding steroid dienone is 2. The topological polar surface area (TPSA) is 30.3 Å². The first-order valence-electron chi connectivity index (χ1n) is 11.8. The average molecular weight is 460 g/mol. The third kappa shape index (κ3) is 5.43. The molecule has 4 nitrogen and oxygen atoms in total. The van der Waals surface area contributed by atoms with E-state index in [-0.39, 0.29) is 0 Å². The van der Waals surface area contributed by atoms with Crippen molar-refractivity contribution in [1.29, 1.82) is 0 Å². The molecule has 0 radical (unpaired) electrons. The summed E-state index contributed by atoms with van der Waals surface area (Å²) in [6, 6.07) is 12.7. The summed E-state index contributed by atoms with van der Waals surface area (Å²) in [5.74, 6) is 0.588. The van der Waals surface area contributed by atoms with E-state index in [1.165, 1.54) is 34.9 Å². The van der Waals surface area contributed by atoms with Crippen LogP contribution in [0.3, 0.4) is 0 Å². The molecular formula is C28H33N3OS. The highest BCUT2D eigenvalue weighted by Gasteiger charge is 2.23. The summed E-state index contributed by atoms with van der Waals surface area (Å²) in [6.45, 7) is 10.2. The Kier molecular flexibility index (Phi) is 7.73. The van der Waals surface area contributed by atoms with Gasteiger partial charge in [0.05, 0.1) is 7.11 Å². The number of likely N-dealkylation sites (tertiary alicyclic amines) is 1. The van der Waals surface area contributed by atoms with Gasteiger partial charge in [0.25, 0.3) is 0 Å². The molecule has 0 N–H and O–H groups in total. The van der Waals surface area contributed by atoms with Gasteiger partial charge >= 0.3 is 0 Å². The van der Waals surface area contributed by atoms with E-state index < -0.39 is 0 Å². The van der Waals surface area contributed by atoms with Crippen LogP contribution in [-0.2, 0) is 11.3 Å². The molecule has 1 fully saturated rings. The minimum Gasteiger partial charge on any atom is -0.486 e. The zero-order chi connectivity index (χ0) is 23.2. The largest absolute Gasteiger partial charge is 0.486 e. The highest BCUT2D eigenvalue weighted by Crippen LogP contribution is 2.33. The summed E-state index contributed by atoms with van der Waals surface area (Å²) in [6.07, 6.45) is 11.7. The van der Waals surface area contributed by atoms with Gasteiger partial charge in [0, 0.05) is 36.4 Å². The van der Waals surface area contributed by atoms with Crippen LogP contribution in [0.2, 0.25) is 0 Å². The lowest BCUT2D eigenvalue weighted by molar-refractivity contribution is 0.227. The van der Waals surface area contributed by atoms with Crippen molar-refractivity contribution < 1.29 is 4.74 Å². The number of nitrogens with zero attached hydrogens (tertiary/aromatic N) is 3. The lowest BCUT2D eigenvalue weighted by atomic mass is 9.88. The second-order valence-corrected chi connectivity index (χ2v) is 9.10. The van der Waals surface area contributed by atoms with Crippen LogP contribution in [0.15, 0.2) is 73.1 Å². The van der Waals surface area contributed by atoms with E-state index in [9.17, 15) is 0 Å². The first kappa shape index (κ1) is 23.4. The van der Waals surface area contributed by atoms with Crippen LogP contribution in [0.1, 0.15) is 48.8 Å². The molecule has 1 aromatic carbocycles. The average Bonchev–Trinajstić information content (AvgIpc) is 3.27. The number of aromatic nitrogens is 2. The third-order valence-corrected chi connectivity index (χ3v) is 7.09. The van der Waals surface area contributed by atoms with E-state index in [2.05, 4.69) is 59.5 Å². The maximum Gasteiger partial charge on any atom is 0.190 e. The number of methoxy groups -OCH3 is 1. The molecule has 172 valence electrons. The molecule has 2 aromatic heterocycles. The molecule has 0 unspecified atom stereocenters. The van der Waals surface area contributed by atoms with E-state index in [1.807, 2.05) is 24.4 Å². The zero-order valence-corrected chi connectivity index (χ0v) is 20.5. The van der Waals surface area contributed by atoms with Crippen molar-refractivity contribution in [1.82, 2.24) is 14.5 Å². The van der Waals surface area contributed by atoms with Crippen molar-refractivity contribution in [3.8, 4) is 0 Å². The zero-order valence-electron chi connectivity index (χ0n) is 19.7. The summed E-state index contributed by atoms with van der Waals surface area (Å²) >= 11 is 5.22. The molecule has 3 aromatic rings.